The highest BCUT2D eigenvalue weighted by Crippen LogP contribution is 2.23. The van der Waals surface area contributed by atoms with Crippen LogP contribution in [-0.2, 0) is 17.6 Å². The number of benzene rings is 1. The Morgan fingerprint density at radius 1 is 1.23 bits per heavy atom. The number of thiazole rings is 1. The third kappa shape index (κ3) is 5.20. The van der Waals surface area contributed by atoms with Crippen LogP contribution in [0.25, 0.3) is 5.57 Å². The number of fused-ring (bicyclic) bond motifs is 1. The number of amides is 1. The van der Waals surface area contributed by atoms with Gasteiger partial charge in [-0.25, -0.2) is 4.98 Å². The molecule has 0 atom stereocenters. The summed E-state index contributed by atoms with van der Waals surface area (Å²) >= 11 is 1.77. The first-order valence-corrected chi connectivity index (χ1v) is 11.5. The van der Waals surface area contributed by atoms with Gasteiger partial charge in [0.1, 0.15) is 0 Å². The molecule has 1 amide bonds. The SMILES string of the molecule is C=C(/C=C(/CC)N(C)CC(=O)N1CCc2nc(C)sc2CC1)c1ccc(C)c(C)c1. The van der Waals surface area contributed by atoms with Crippen LogP contribution in [0.2, 0.25) is 0 Å². The van der Waals surface area contributed by atoms with Gasteiger partial charge in [0.05, 0.1) is 17.2 Å². The summed E-state index contributed by atoms with van der Waals surface area (Å²) in [4.78, 5) is 23.0. The van der Waals surface area contributed by atoms with E-state index < -0.39 is 0 Å². The third-order valence-electron chi connectivity index (χ3n) is 5.91. The molecule has 160 valence electrons. The van der Waals surface area contributed by atoms with Crippen molar-refractivity contribution in [2.24, 2.45) is 0 Å². The molecule has 5 heteroatoms. The van der Waals surface area contributed by atoms with Crippen LogP contribution < -0.4 is 0 Å². The van der Waals surface area contributed by atoms with E-state index in [0.29, 0.717) is 6.54 Å². The van der Waals surface area contributed by atoms with E-state index in [2.05, 4.69) is 68.4 Å². The van der Waals surface area contributed by atoms with Crippen molar-refractivity contribution in [3.05, 3.63) is 68.8 Å². The molecular weight excluding hydrogens is 390 g/mol. The van der Waals surface area contributed by atoms with Crippen LogP contribution in [0.4, 0.5) is 0 Å². The second kappa shape index (κ2) is 9.61. The molecule has 1 aliphatic heterocycles. The first-order valence-electron chi connectivity index (χ1n) is 10.7. The van der Waals surface area contributed by atoms with Gasteiger partial charge in [0.2, 0.25) is 5.91 Å². The van der Waals surface area contributed by atoms with Crippen molar-refractivity contribution in [1.82, 2.24) is 14.8 Å². The normalized spacial score (nSPS) is 14.3. The summed E-state index contributed by atoms with van der Waals surface area (Å²) in [6, 6.07) is 6.43. The zero-order valence-electron chi connectivity index (χ0n) is 18.9. The number of aromatic nitrogens is 1. The van der Waals surface area contributed by atoms with E-state index >= 15 is 0 Å². The third-order valence-corrected chi connectivity index (χ3v) is 6.98. The van der Waals surface area contributed by atoms with Gasteiger partial charge in [-0.1, -0.05) is 31.7 Å². The van der Waals surface area contributed by atoms with E-state index in [-0.39, 0.29) is 5.91 Å². The van der Waals surface area contributed by atoms with Gasteiger partial charge < -0.3 is 9.80 Å². The molecule has 0 saturated carbocycles. The minimum absolute atomic E-state index is 0.181. The van der Waals surface area contributed by atoms with Gasteiger partial charge in [-0.05, 0) is 55.5 Å². The van der Waals surface area contributed by atoms with Crippen molar-refractivity contribution >= 4 is 22.8 Å². The van der Waals surface area contributed by atoms with E-state index in [4.69, 9.17) is 0 Å². The Morgan fingerprint density at radius 3 is 2.67 bits per heavy atom. The number of nitrogens with zero attached hydrogens (tertiary/aromatic N) is 3. The lowest BCUT2D eigenvalue weighted by molar-refractivity contribution is -0.131. The standard InChI is InChI=1S/C25H33N3OS/c1-7-22(15-19(4)21-9-8-17(2)18(3)14-21)27(6)16-25(29)28-12-10-23-24(11-13-28)30-20(5)26-23/h8-9,14-15H,4,7,10-13,16H2,1-3,5-6H3/b22-15-. The lowest BCUT2D eigenvalue weighted by Gasteiger charge is -2.27. The van der Waals surface area contributed by atoms with Crippen LogP contribution in [0.15, 0.2) is 36.6 Å². The molecule has 0 spiro atoms. The fourth-order valence-electron chi connectivity index (χ4n) is 3.85. The predicted molar refractivity (Wildman–Crippen MR) is 127 cm³/mol. The molecule has 0 saturated heterocycles. The second-order valence-electron chi connectivity index (χ2n) is 8.15. The maximum atomic E-state index is 13.0. The minimum atomic E-state index is 0.181. The molecule has 1 aromatic carbocycles. The van der Waals surface area contributed by atoms with E-state index in [0.717, 1.165) is 54.2 Å². The van der Waals surface area contributed by atoms with E-state index in [9.17, 15) is 4.79 Å². The molecule has 2 heterocycles. The zero-order chi connectivity index (χ0) is 21.8. The van der Waals surface area contributed by atoms with Crippen molar-refractivity contribution in [3.63, 3.8) is 0 Å². The van der Waals surface area contributed by atoms with Crippen LogP contribution in [-0.4, -0.2) is 47.4 Å². The Balaban J connectivity index is 1.64. The first kappa shape index (κ1) is 22.3. The maximum absolute atomic E-state index is 13.0. The van der Waals surface area contributed by atoms with Gasteiger partial charge >= 0.3 is 0 Å². The van der Waals surface area contributed by atoms with Gasteiger partial charge in [-0.3, -0.25) is 4.79 Å². The predicted octanol–water partition coefficient (Wildman–Crippen LogP) is 4.93. The Kier molecular flexibility index (Phi) is 7.14. The lowest BCUT2D eigenvalue weighted by atomic mass is 10.0. The number of carbonyl (C=O) groups is 1. The molecule has 1 aromatic heterocycles. The topological polar surface area (TPSA) is 36.4 Å². The number of aryl methyl sites for hydroxylation is 3. The quantitative estimate of drug-likeness (QED) is 0.618. The molecule has 3 rings (SSSR count). The molecule has 0 aliphatic carbocycles. The average molecular weight is 424 g/mol. The molecule has 0 unspecified atom stereocenters. The molecular formula is C25H33N3OS. The van der Waals surface area contributed by atoms with Crippen LogP contribution in [0.5, 0.6) is 0 Å². The zero-order valence-corrected chi connectivity index (χ0v) is 19.7. The highest BCUT2D eigenvalue weighted by atomic mass is 32.1. The minimum Gasteiger partial charge on any atom is -0.369 e. The maximum Gasteiger partial charge on any atom is 0.242 e. The molecule has 0 radical (unpaired) electrons. The van der Waals surface area contributed by atoms with Gasteiger partial charge in [0, 0.05) is 43.6 Å². The highest BCUT2D eigenvalue weighted by Gasteiger charge is 2.22. The second-order valence-corrected chi connectivity index (χ2v) is 9.44. The molecule has 2 aromatic rings. The molecule has 4 nitrogen and oxygen atoms in total. The number of hydrogen-bond donors (Lipinski definition) is 0. The molecule has 1 aliphatic rings. The number of likely N-dealkylation sites (N-methyl/N-ethyl adjacent to an activating group) is 1. The Hall–Kier alpha value is -2.40. The van der Waals surface area contributed by atoms with Crippen LogP contribution in [0, 0.1) is 20.8 Å². The van der Waals surface area contributed by atoms with Gasteiger partial charge in [0.15, 0.2) is 0 Å². The molecule has 0 N–H and O–H groups in total. The fourth-order valence-corrected chi connectivity index (χ4v) is 4.83. The largest absolute Gasteiger partial charge is 0.369 e. The van der Waals surface area contributed by atoms with E-state index in [1.54, 1.807) is 11.3 Å². The fraction of sp³-hybridized carbons (Fsp3) is 0.440. The van der Waals surface area contributed by atoms with Crippen molar-refractivity contribution in [1.29, 1.82) is 0 Å². The monoisotopic (exact) mass is 423 g/mol. The summed E-state index contributed by atoms with van der Waals surface area (Å²) < 4.78 is 0. The van der Waals surface area contributed by atoms with Crippen molar-refractivity contribution in [2.75, 3.05) is 26.7 Å². The molecule has 0 fully saturated rings. The summed E-state index contributed by atoms with van der Waals surface area (Å²) in [6.45, 7) is 14.6. The van der Waals surface area contributed by atoms with Crippen molar-refractivity contribution in [3.8, 4) is 0 Å². The number of allylic oxidation sites excluding steroid dienone is 3. The summed E-state index contributed by atoms with van der Waals surface area (Å²) in [6.07, 6.45) is 4.74. The number of hydrogen-bond acceptors (Lipinski definition) is 4. The first-order chi connectivity index (χ1) is 14.3. The summed E-state index contributed by atoms with van der Waals surface area (Å²) in [5, 5.41) is 1.13. The Bertz CT molecular complexity index is 947. The van der Waals surface area contributed by atoms with Crippen molar-refractivity contribution < 1.29 is 4.79 Å². The smallest absolute Gasteiger partial charge is 0.242 e. The average Bonchev–Trinajstić information content (AvgIpc) is 2.95. The highest BCUT2D eigenvalue weighted by molar-refractivity contribution is 7.11. The van der Waals surface area contributed by atoms with Crippen LogP contribution in [0.1, 0.15) is 45.6 Å². The van der Waals surface area contributed by atoms with Gasteiger partial charge in [-0.2, -0.15) is 0 Å². The number of rotatable bonds is 6. The summed E-state index contributed by atoms with van der Waals surface area (Å²) in [5.41, 5.74) is 6.96. The lowest BCUT2D eigenvalue weighted by Crippen LogP contribution is -2.40. The van der Waals surface area contributed by atoms with Gasteiger partial charge in [-0.15, -0.1) is 11.3 Å². The van der Waals surface area contributed by atoms with Crippen LogP contribution in [0.3, 0.4) is 0 Å². The van der Waals surface area contributed by atoms with Crippen LogP contribution >= 0.6 is 11.3 Å². The van der Waals surface area contributed by atoms with Crippen molar-refractivity contribution in [2.45, 2.75) is 47.0 Å². The Labute approximate surface area is 184 Å². The summed E-state index contributed by atoms with van der Waals surface area (Å²) in [5.74, 6) is 0.181. The van der Waals surface area contributed by atoms with E-state index in [1.807, 2.05) is 11.9 Å². The number of carbonyl (C=O) groups excluding carboxylic acids is 1. The molecule has 30 heavy (non-hydrogen) atoms. The van der Waals surface area contributed by atoms with E-state index in [1.165, 1.54) is 21.7 Å². The molecule has 0 bridgehead atoms. The van der Waals surface area contributed by atoms with Gasteiger partial charge in [0.25, 0.3) is 0 Å². The summed E-state index contributed by atoms with van der Waals surface area (Å²) in [7, 11) is 2.00. The Morgan fingerprint density at radius 2 is 1.97 bits per heavy atom.